The summed E-state index contributed by atoms with van der Waals surface area (Å²) in [7, 11) is 0. The van der Waals surface area contributed by atoms with Crippen LogP contribution in [0.5, 0.6) is 0 Å². The largest absolute Gasteiger partial charge is 0.381 e. The van der Waals surface area contributed by atoms with Crippen LogP contribution < -0.4 is 5.32 Å². The Balaban J connectivity index is 2.17. The minimum absolute atomic E-state index is 0.104. The van der Waals surface area contributed by atoms with Crippen LogP contribution in [0.3, 0.4) is 0 Å². The smallest absolute Gasteiger partial charge is 0.0981 e. The number of hydrogen-bond acceptors (Lipinski definition) is 3. The van der Waals surface area contributed by atoms with Gasteiger partial charge in [0.25, 0.3) is 0 Å². The molecule has 20 heavy (non-hydrogen) atoms. The van der Waals surface area contributed by atoms with Crippen molar-refractivity contribution in [3.05, 3.63) is 35.9 Å². The third kappa shape index (κ3) is 4.05. The molecule has 0 saturated carbocycles. The van der Waals surface area contributed by atoms with Gasteiger partial charge in [0.2, 0.25) is 0 Å². The SMILES string of the molecule is CCNC(C1CCCOC1)C(OCC)c1ccccc1. The van der Waals surface area contributed by atoms with E-state index in [1.54, 1.807) is 0 Å². The van der Waals surface area contributed by atoms with Crippen molar-refractivity contribution in [1.82, 2.24) is 5.32 Å². The molecular formula is C17H27NO2. The van der Waals surface area contributed by atoms with Crippen molar-refractivity contribution >= 4 is 0 Å². The van der Waals surface area contributed by atoms with E-state index >= 15 is 0 Å². The van der Waals surface area contributed by atoms with Crippen LogP contribution in [0.2, 0.25) is 0 Å². The fourth-order valence-corrected chi connectivity index (χ4v) is 3.03. The first kappa shape index (κ1) is 15.5. The Bertz CT molecular complexity index is 363. The van der Waals surface area contributed by atoms with E-state index in [4.69, 9.17) is 9.47 Å². The van der Waals surface area contributed by atoms with Crippen molar-refractivity contribution < 1.29 is 9.47 Å². The summed E-state index contributed by atoms with van der Waals surface area (Å²) in [5.41, 5.74) is 1.26. The molecule has 1 aliphatic heterocycles. The van der Waals surface area contributed by atoms with E-state index < -0.39 is 0 Å². The highest BCUT2D eigenvalue weighted by molar-refractivity contribution is 5.19. The van der Waals surface area contributed by atoms with Gasteiger partial charge < -0.3 is 14.8 Å². The maximum absolute atomic E-state index is 6.08. The Morgan fingerprint density at radius 3 is 2.70 bits per heavy atom. The van der Waals surface area contributed by atoms with Crippen molar-refractivity contribution in [3.63, 3.8) is 0 Å². The maximum atomic E-state index is 6.08. The second kappa shape index (κ2) is 8.40. The van der Waals surface area contributed by atoms with E-state index in [1.165, 1.54) is 12.0 Å². The lowest BCUT2D eigenvalue weighted by atomic mass is 9.87. The molecule has 1 aliphatic rings. The monoisotopic (exact) mass is 277 g/mol. The van der Waals surface area contributed by atoms with Crippen molar-refractivity contribution in [1.29, 1.82) is 0 Å². The molecule has 0 radical (unpaired) electrons. The summed E-state index contributed by atoms with van der Waals surface area (Å²) < 4.78 is 11.8. The fraction of sp³-hybridized carbons (Fsp3) is 0.647. The highest BCUT2D eigenvalue weighted by Crippen LogP contribution is 2.30. The first-order valence-corrected chi connectivity index (χ1v) is 7.84. The lowest BCUT2D eigenvalue weighted by Crippen LogP contribution is -2.45. The fourth-order valence-electron chi connectivity index (χ4n) is 3.03. The van der Waals surface area contributed by atoms with Gasteiger partial charge >= 0.3 is 0 Å². The maximum Gasteiger partial charge on any atom is 0.0981 e. The van der Waals surface area contributed by atoms with Crippen LogP contribution >= 0.6 is 0 Å². The summed E-state index contributed by atoms with van der Waals surface area (Å²) in [5.74, 6) is 0.528. The molecule has 3 atom stereocenters. The molecule has 3 unspecified atom stereocenters. The molecule has 1 heterocycles. The number of hydrogen-bond donors (Lipinski definition) is 1. The number of benzene rings is 1. The van der Waals surface area contributed by atoms with Gasteiger partial charge in [-0.2, -0.15) is 0 Å². The van der Waals surface area contributed by atoms with Crippen LogP contribution in [0.1, 0.15) is 38.4 Å². The predicted molar refractivity (Wildman–Crippen MR) is 81.8 cm³/mol. The second-order valence-electron chi connectivity index (χ2n) is 5.35. The zero-order valence-corrected chi connectivity index (χ0v) is 12.7. The average Bonchev–Trinajstić information content (AvgIpc) is 2.52. The van der Waals surface area contributed by atoms with E-state index in [-0.39, 0.29) is 6.10 Å². The number of ether oxygens (including phenoxy) is 2. The van der Waals surface area contributed by atoms with Crippen molar-refractivity contribution in [2.24, 2.45) is 5.92 Å². The highest BCUT2D eigenvalue weighted by Gasteiger charge is 2.31. The molecule has 1 fully saturated rings. The Labute approximate surface area is 122 Å². The molecule has 0 aliphatic carbocycles. The quantitative estimate of drug-likeness (QED) is 0.830. The second-order valence-corrected chi connectivity index (χ2v) is 5.35. The Morgan fingerprint density at radius 2 is 2.10 bits per heavy atom. The molecule has 0 aromatic heterocycles. The standard InChI is InChI=1S/C17H27NO2/c1-3-18-16(15-11-8-12-19-13-15)17(20-4-2)14-9-6-5-7-10-14/h5-7,9-10,15-18H,3-4,8,11-13H2,1-2H3. The molecule has 1 N–H and O–H groups in total. The van der Waals surface area contributed by atoms with Gasteiger partial charge in [0.05, 0.1) is 12.7 Å². The van der Waals surface area contributed by atoms with E-state index in [9.17, 15) is 0 Å². The van der Waals surface area contributed by atoms with Crippen LogP contribution in [0.4, 0.5) is 0 Å². The minimum Gasteiger partial charge on any atom is -0.381 e. The molecule has 1 saturated heterocycles. The minimum atomic E-state index is 0.104. The van der Waals surface area contributed by atoms with Gasteiger partial charge in [0.15, 0.2) is 0 Å². The molecule has 1 aromatic carbocycles. The highest BCUT2D eigenvalue weighted by atomic mass is 16.5. The van der Waals surface area contributed by atoms with Crippen LogP contribution in [0.25, 0.3) is 0 Å². The third-order valence-corrected chi connectivity index (χ3v) is 3.94. The summed E-state index contributed by atoms with van der Waals surface area (Å²) in [4.78, 5) is 0. The lowest BCUT2D eigenvalue weighted by Gasteiger charge is -2.36. The van der Waals surface area contributed by atoms with Gasteiger partial charge in [-0.05, 0) is 31.9 Å². The molecule has 112 valence electrons. The Morgan fingerprint density at radius 1 is 1.30 bits per heavy atom. The Kier molecular flexibility index (Phi) is 6.51. The molecule has 2 rings (SSSR count). The number of rotatable bonds is 7. The first-order valence-electron chi connectivity index (χ1n) is 7.84. The average molecular weight is 277 g/mol. The molecule has 3 heteroatoms. The summed E-state index contributed by atoms with van der Waals surface area (Å²) in [5, 5.41) is 3.63. The first-order chi connectivity index (χ1) is 9.86. The lowest BCUT2D eigenvalue weighted by molar-refractivity contribution is -0.0239. The topological polar surface area (TPSA) is 30.5 Å². The third-order valence-electron chi connectivity index (χ3n) is 3.94. The zero-order chi connectivity index (χ0) is 14.2. The normalized spacial score (nSPS) is 22.4. The van der Waals surface area contributed by atoms with Gasteiger partial charge in [0.1, 0.15) is 0 Å². The predicted octanol–water partition coefficient (Wildman–Crippen LogP) is 3.17. The van der Waals surface area contributed by atoms with Gasteiger partial charge in [-0.25, -0.2) is 0 Å². The van der Waals surface area contributed by atoms with Crippen LogP contribution in [0, 0.1) is 5.92 Å². The van der Waals surface area contributed by atoms with Crippen LogP contribution in [-0.4, -0.2) is 32.4 Å². The van der Waals surface area contributed by atoms with Gasteiger partial charge in [-0.3, -0.25) is 0 Å². The summed E-state index contributed by atoms with van der Waals surface area (Å²) in [6, 6.07) is 10.9. The van der Waals surface area contributed by atoms with Crippen LogP contribution in [-0.2, 0) is 9.47 Å². The van der Waals surface area contributed by atoms with Gasteiger partial charge in [-0.15, -0.1) is 0 Å². The summed E-state index contributed by atoms with van der Waals surface area (Å²) >= 11 is 0. The molecule has 0 amide bonds. The summed E-state index contributed by atoms with van der Waals surface area (Å²) in [6.07, 6.45) is 2.47. The Hall–Kier alpha value is -0.900. The van der Waals surface area contributed by atoms with E-state index in [2.05, 4.69) is 49.5 Å². The molecule has 1 aromatic rings. The molecule has 0 spiro atoms. The van der Waals surface area contributed by atoms with E-state index in [0.29, 0.717) is 12.0 Å². The van der Waals surface area contributed by atoms with E-state index in [1.807, 2.05) is 0 Å². The van der Waals surface area contributed by atoms with E-state index in [0.717, 1.165) is 32.8 Å². The van der Waals surface area contributed by atoms with Crippen LogP contribution in [0.15, 0.2) is 30.3 Å². The molecular weight excluding hydrogens is 250 g/mol. The van der Waals surface area contributed by atoms with Gasteiger partial charge in [0, 0.05) is 25.2 Å². The van der Waals surface area contributed by atoms with Gasteiger partial charge in [-0.1, -0.05) is 37.3 Å². The van der Waals surface area contributed by atoms with Crippen molar-refractivity contribution in [3.8, 4) is 0 Å². The summed E-state index contributed by atoms with van der Waals surface area (Å²) in [6.45, 7) is 7.65. The molecule has 0 bridgehead atoms. The number of nitrogens with one attached hydrogen (secondary N) is 1. The molecule has 3 nitrogen and oxygen atoms in total. The zero-order valence-electron chi connectivity index (χ0n) is 12.7. The van der Waals surface area contributed by atoms with Crippen molar-refractivity contribution in [2.45, 2.75) is 38.8 Å². The van der Waals surface area contributed by atoms with Crippen molar-refractivity contribution in [2.75, 3.05) is 26.4 Å². The number of likely N-dealkylation sites (N-methyl/N-ethyl adjacent to an activating group) is 1.